The van der Waals surface area contributed by atoms with Gasteiger partial charge in [0.2, 0.25) is 5.91 Å². The molecule has 0 radical (unpaired) electrons. The van der Waals surface area contributed by atoms with Crippen LogP contribution in [0.5, 0.6) is 5.75 Å². The number of ether oxygens (including phenoxy) is 1. The highest BCUT2D eigenvalue weighted by atomic mass is 35.5. The summed E-state index contributed by atoms with van der Waals surface area (Å²) in [5, 5.41) is 7.64. The first-order valence-electron chi connectivity index (χ1n) is 10.8. The SMILES string of the molecule is COc1ccccc1NC(=O)CSc1cn(CCNC(=O)c2ccc(Cl)cc2Cl)c2ccccc12. The molecule has 2 N–H and O–H groups in total. The molecular formula is C26H23Cl2N3O3S. The van der Waals surface area contributed by atoms with Crippen molar-refractivity contribution in [2.45, 2.75) is 11.4 Å². The van der Waals surface area contributed by atoms with Gasteiger partial charge in [-0.15, -0.1) is 11.8 Å². The second kappa shape index (κ2) is 11.5. The van der Waals surface area contributed by atoms with Crippen molar-refractivity contribution < 1.29 is 14.3 Å². The number of fused-ring (bicyclic) bond motifs is 1. The van der Waals surface area contributed by atoms with Crippen LogP contribution in [0.1, 0.15) is 10.4 Å². The van der Waals surface area contributed by atoms with Crippen molar-refractivity contribution in [2.24, 2.45) is 0 Å². The Labute approximate surface area is 217 Å². The number of hydrogen-bond donors (Lipinski definition) is 2. The molecule has 35 heavy (non-hydrogen) atoms. The average Bonchev–Trinajstić information content (AvgIpc) is 3.20. The molecule has 4 aromatic rings. The van der Waals surface area contributed by atoms with Crippen LogP contribution in [0.15, 0.2) is 77.8 Å². The van der Waals surface area contributed by atoms with E-state index in [1.54, 1.807) is 37.4 Å². The van der Waals surface area contributed by atoms with Gasteiger partial charge in [0, 0.05) is 40.1 Å². The van der Waals surface area contributed by atoms with E-state index in [2.05, 4.69) is 15.2 Å². The first-order valence-corrected chi connectivity index (χ1v) is 12.6. The Morgan fingerprint density at radius 1 is 1.03 bits per heavy atom. The van der Waals surface area contributed by atoms with E-state index < -0.39 is 0 Å². The maximum atomic E-state index is 12.6. The molecule has 0 atom stereocenters. The fourth-order valence-corrected chi connectivity index (χ4v) is 5.03. The van der Waals surface area contributed by atoms with Crippen LogP contribution in [-0.4, -0.2) is 35.8 Å². The molecule has 0 saturated heterocycles. The third-order valence-corrected chi connectivity index (χ3v) is 6.90. The minimum absolute atomic E-state index is 0.122. The van der Waals surface area contributed by atoms with Gasteiger partial charge >= 0.3 is 0 Å². The summed E-state index contributed by atoms with van der Waals surface area (Å²) in [6.45, 7) is 0.973. The zero-order chi connectivity index (χ0) is 24.8. The van der Waals surface area contributed by atoms with Gasteiger partial charge in [-0.05, 0) is 36.4 Å². The van der Waals surface area contributed by atoms with Crippen molar-refractivity contribution in [2.75, 3.05) is 24.7 Å². The van der Waals surface area contributed by atoms with E-state index in [-0.39, 0.29) is 17.6 Å². The summed E-state index contributed by atoms with van der Waals surface area (Å²) in [4.78, 5) is 26.1. The predicted octanol–water partition coefficient (Wildman–Crippen LogP) is 6.12. The molecule has 6 nitrogen and oxygen atoms in total. The van der Waals surface area contributed by atoms with Crippen molar-refractivity contribution in [1.82, 2.24) is 9.88 Å². The summed E-state index contributed by atoms with van der Waals surface area (Å²) in [6.07, 6.45) is 2.01. The van der Waals surface area contributed by atoms with Crippen LogP contribution in [0.25, 0.3) is 10.9 Å². The minimum atomic E-state index is -0.259. The quantitative estimate of drug-likeness (QED) is 0.257. The monoisotopic (exact) mass is 527 g/mol. The number of methoxy groups -OCH3 is 1. The highest BCUT2D eigenvalue weighted by molar-refractivity contribution is 8.00. The lowest BCUT2D eigenvalue weighted by Crippen LogP contribution is -2.27. The van der Waals surface area contributed by atoms with Crippen LogP contribution in [0.2, 0.25) is 10.0 Å². The number of thioether (sulfide) groups is 1. The maximum Gasteiger partial charge on any atom is 0.252 e. The largest absolute Gasteiger partial charge is 0.495 e. The Morgan fingerprint density at radius 3 is 2.60 bits per heavy atom. The molecule has 0 aliphatic rings. The summed E-state index contributed by atoms with van der Waals surface area (Å²) in [6, 6.07) is 20.1. The van der Waals surface area contributed by atoms with Gasteiger partial charge < -0.3 is 19.9 Å². The van der Waals surface area contributed by atoms with E-state index in [9.17, 15) is 9.59 Å². The number of carbonyl (C=O) groups is 2. The molecule has 0 saturated carbocycles. The number of nitrogens with one attached hydrogen (secondary N) is 2. The topological polar surface area (TPSA) is 72.4 Å². The summed E-state index contributed by atoms with van der Waals surface area (Å²) in [5.74, 6) is 0.483. The van der Waals surface area contributed by atoms with Crippen molar-refractivity contribution in [3.63, 3.8) is 0 Å². The van der Waals surface area contributed by atoms with Crippen molar-refractivity contribution in [1.29, 1.82) is 0 Å². The lowest BCUT2D eigenvalue weighted by Gasteiger charge is -2.09. The molecular weight excluding hydrogens is 505 g/mol. The number of hydrogen-bond acceptors (Lipinski definition) is 4. The molecule has 2 amide bonds. The lowest BCUT2D eigenvalue weighted by atomic mass is 10.2. The molecule has 0 fully saturated rings. The summed E-state index contributed by atoms with van der Waals surface area (Å²) in [5.41, 5.74) is 2.05. The fraction of sp³-hybridized carbons (Fsp3) is 0.154. The van der Waals surface area contributed by atoms with Gasteiger partial charge in [0.15, 0.2) is 0 Å². The molecule has 1 aromatic heterocycles. The number of carbonyl (C=O) groups excluding carboxylic acids is 2. The zero-order valence-electron chi connectivity index (χ0n) is 18.9. The molecule has 9 heteroatoms. The van der Waals surface area contributed by atoms with Crippen molar-refractivity contribution in [3.05, 3.63) is 88.5 Å². The van der Waals surface area contributed by atoms with Gasteiger partial charge in [0.25, 0.3) is 5.91 Å². The number of nitrogens with zero attached hydrogens (tertiary/aromatic N) is 1. The predicted molar refractivity (Wildman–Crippen MR) is 143 cm³/mol. The van der Waals surface area contributed by atoms with E-state index >= 15 is 0 Å². The first kappa shape index (κ1) is 25.0. The van der Waals surface area contributed by atoms with Gasteiger partial charge in [-0.2, -0.15) is 0 Å². The van der Waals surface area contributed by atoms with Crippen molar-refractivity contribution >= 4 is 63.4 Å². The molecule has 0 bridgehead atoms. The number of para-hydroxylation sites is 3. The molecule has 4 rings (SSSR count). The standard InChI is InChI=1S/C26H23Cl2N3O3S/c1-34-23-9-5-3-7-21(23)30-25(32)16-35-24-15-31(22-8-4-2-6-19(22)24)13-12-29-26(33)18-11-10-17(27)14-20(18)28/h2-11,14-15H,12-13,16H2,1H3,(H,29,33)(H,30,32). The third-order valence-electron chi connectivity index (χ3n) is 5.31. The highest BCUT2D eigenvalue weighted by Gasteiger charge is 2.14. The molecule has 1 heterocycles. The first-order chi connectivity index (χ1) is 17.0. The van der Waals surface area contributed by atoms with Gasteiger partial charge in [0.05, 0.1) is 29.1 Å². The Hall–Kier alpha value is -3.13. The van der Waals surface area contributed by atoms with Gasteiger partial charge in [-0.3, -0.25) is 9.59 Å². The highest BCUT2D eigenvalue weighted by Crippen LogP contribution is 2.30. The van der Waals surface area contributed by atoms with Gasteiger partial charge in [-0.25, -0.2) is 0 Å². The number of anilines is 1. The van der Waals surface area contributed by atoms with E-state index in [4.69, 9.17) is 27.9 Å². The lowest BCUT2D eigenvalue weighted by molar-refractivity contribution is -0.113. The second-order valence-electron chi connectivity index (χ2n) is 7.62. The van der Waals surface area contributed by atoms with Crippen LogP contribution < -0.4 is 15.4 Å². The Bertz CT molecular complexity index is 1370. The summed E-state index contributed by atoms with van der Waals surface area (Å²) >= 11 is 13.5. The van der Waals surface area contributed by atoms with Gasteiger partial charge in [0.1, 0.15) is 5.75 Å². The van der Waals surface area contributed by atoms with E-state index in [0.717, 1.165) is 15.8 Å². The molecule has 0 spiro atoms. The summed E-state index contributed by atoms with van der Waals surface area (Å²) < 4.78 is 7.37. The molecule has 0 unspecified atom stereocenters. The Balaban J connectivity index is 1.40. The van der Waals surface area contributed by atoms with Crippen LogP contribution >= 0.6 is 35.0 Å². The molecule has 3 aromatic carbocycles. The second-order valence-corrected chi connectivity index (χ2v) is 9.48. The number of aromatic nitrogens is 1. The normalized spacial score (nSPS) is 10.8. The number of benzene rings is 3. The van der Waals surface area contributed by atoms with E-state index in [1.807, 2.05) is 42.6 Å². The average molecular weight is 528 g/mol. The number of rotatable bonds is 9. The smallest absolute Gasteiger partial charge is 0.252 e. The van der Waals surface area contributed by atoms with Gasteiger partial charge in [-0.1, -0.05) is 53.5 Å². The fourth-order valence-electron chi connectivity index (χ4n) is 3.65. The molecule has 0 aliphatic heterocycles. The third kappa shape index (κ3) is 6.11. The zero-order valence-corrected chi connectivity index (χ0v) is 21.2. The molecule has 180 valence electrons. The van der Waals surface area contributed by atoms with Crippen LogP contribution in [0.3, 0.4) is 0 Å². The minimum Gasteiger partial charge on any atom is -0.495 e. The van der Waals surface area contributed by atoms with Crippen LogP contribution in [0, 0.1) is 0 Å². The molecule has 0 aliphatic carbocycles. The summed E-state index contributed by atoms with van der Waals surface area (Å²) in [7, 11) is 1.57. The van der Waals surface area contributed by atoms with Crippen molar-refractivity contribution in [3.8, 4) is 5.75 Å². The van der Waals surface area contributed by atoms with E-state index in [1.165, 1.54) is 11.8 Å². The Morgan fingerprint density at radius 2 is 1.80 bits per heavy atom. The number of halogens is 2. The van der Waals surface area contributed by atoms with Crippen LogP contribution in [-0.2, 0) is 11.3 Å². The van der Waals surface area contributed by atoms with Crippen LogP contribution in [0.4, 0.5) is 5.69 Å². The Kier molecular flexibility index (Phi) is 8.23. The van der Waals surface area contributed by atoms with E-state index in [0.29, 0.717) is 40.1 Å². The number of amides is 2. The maximum absolute atomic E-state index is 12.6.